The van der Waals surface area contributed by atoms with Gasteiger partial charge in [-0.2, -0.15) is 0 Å². The van der Waals surface area contributed by atoms with Gasteiger partial charge in [0, 0.05) is 5.02 Å². The molecule has 3 heteroatoms. The fourth-order valence-corrected chi connectivity index (χ4v) is 1.09. The predicted molar refractivity (Wildman–Crippen MR) is 50.1 cm³/mol. The Morgan fingerprint density at radius 3 is 2.25 bits per heavy atom. The van der Waals surface area contributed by atoms with Crippen LogP contribution in [0.25, 0.3) is 0 Å². The molecule has 0 saturated heterocycles. The maximum absolute atomic E-state index is 9.19. The van der Waals surface area contributed by atoms with E-state index in [0.717, 1.165) is 5.56 Å². The number of aliphatic hydroxyl groups excluding tert-OH is 1. The van der Waals surface area contributed by atoms with Gasteiger partial charge in [0.1, 0.15) is 0 Å². The van der Waals surface area contributed by atoms with Crippen molar-refractivity contribution in [1.29, 1.82) is 0 Å². The number of halogens is 1. The summed E-state index contributed by atoms with van der Waals surface area (Å²) in [5.41, 5.74) is 6.59. The van der Waals surface area contributed by atoms with E-state index in [1.807, 2.05) is 12.1 Å². The van der Waals surface area contributed by atoms with E-state index in [1.54, 1.807) is 19.1 Å². The van der Waals surface area contributed by atoms with Gasteiger partial charge < -0.3 is 10.8 Å². The van der Waals surface area contributed by atoms with Gasteiger partial charge in [0.15, 0.2) is 0 Å². The lowest BCUT2D eigenvalue weighted by Crippen LogP contribution is -2.22. The highest BCUT2D eigenvalue weighted by Gasteiger charge is 2.10. The van der Waals surface area contributed by atoms with Gasteiger partial charge in [-0.05, 0) is 24.6 Å². The third-order valence-corrected chi connectivity index (χ3v) is 2.03. The molecule has 0 aromatic heterocycles. The Labute approximate surface area is 77.0 Å². The molecule has 0 aliphatic rings. The van der Waals surface area contributed by atoms with E-state index in [-0.39, 0.29) is 6.04 Å². The molecule has 0 saturated carbocycles. The molecule has 1 rings (SSSR count). The van der Waals surface area contributed by atoms with Crippen LogP contribution in [0.15, 0.2) is 24.3 Å². The van der Waals surface area contributed by atoms with Crippen LogP contribution in [0.5, 0.6) is 0 Å². The molecule has 2 unspecified atom stereocenters. The normalized spacial score (nSPS) is 15.7. The van der Waals surface area contributed by atoms with Crippen molar-refractivity contribution in [1.82, 2.24) is 0 Å². The summed E-state index contributed by atoms with van der Waals surface area (Å²) < 4.78 is 0. The van der Waals surface area contributed by atoms with E-state index in [1.165, 1.54) is 0 Å². The highest BCUT2D eigenvalue weighted by atomic mass is 35.5. The second kappa shape index (κ2) is 3.90. The minimum Gasteiger partial charge on any atom is -0.391 e. The van der Waals surface area contributed by atoms with Crippen molar-refractivity contribution in [2.24, 2.45) is 5.73 Å². The Balaban J connectivity index is 2.82. The molecule has 12 heavy (non-hydrogen) atoms. The fraction of sp³-hybridized carbons (Fsp3) is 0.333. The van der Waals surface area contributed by atoms with E-state index in [9.17, 15) is 5.11 Å². The molecule has 1 aromatic carbocycles. The summed E-state index contributed by atoms with van der Waals surface area (Å²) in [5.74, 6) is 0. The van der Waals surface area contributed by atoms with Crippen LogP contribution in [-0.4, -0.2) is 11.2 Å². The lowest BCUT2D eigenvalue weighted by atomic mass is 10.0. The van der Waals surface area contributed by atoms with Crippen molar-refractivity contribution in [3.63, 3.8) is 0 Å². The van der Waals surface area contributed by atoms with Crippen molar-refractivity contribution in [3.05, 3.63) is 34.9 Å². The third kappa shape index (κ3) is 2.21. The Kier molecular flexibility index (Phi) is 3.09. The zero-order valence-corrected chi connectivity index (χ0v) is 7.62. The molecule has 1 aromatic rings. The first-order chi connectivity index (χ1) is 5.61. The van der Waals surface area contributed by atoms with Crippen LogP contribution in [-0.2, 0) is 0 Å². The first kappa shape index (κ1) is 9.52. The van der Waals surface area contributed by atoms with Gasteiger partial charge in [0.25, 0.3) is 0 Å². The largest absolute Gasteiger partial charge is 0.391 e. The van der Waals surface area contributed by atoms with Crippen molar-refractivity contribution in [2.45, 2.75) is 19.1 Å². The summed E-state index contributed by atoms with van der Waals surface area (Å²) in [6.45, 7) is 1.67. The minimum atomic E-state index is -0.536. The molecule has 0 aliphatic heterocycles. The van der Waals surface area contributed by atoms with Crippen LogP contribution in [0.2, 0.25) is 5.02 Å². The smallest absolute Gasteiger partial charge is 0.0704 e. The van der Waals surface area contributed by atoms with E-state index in [4.69, 9.17) is 17.3 Å². The fourth-order valence-electron chi connectivity index (χ4n) is 0.964. The maximum Gasteiger partial charge on any atom is 0.0704 e. The molecular weight excluding hydrogens is 174 g/mol. The second-order valence-electron chi connectivity index (χ2n) is 2.82. The lowest BCUT2D eigenvalue weighted by molar-refractivity contribution is 0.164. The average molecular weight is 186 g/mol. The van der Waals surface area contributed by atoms with E-state index >= 15 is 0 Å². The summed E-state index contributed by atoms with van der Waals surface area (Å²) in [7, 11) is 0. The monoisotopic (exact) mass is 185 g/mol. The van der Waals surface area contributed by atoms with Crippen LogP contribution in [0.3, 0.4) is 0 Å². The van der Waals surface area contributed by atoms with E-state index in [2.05, 4.69) is 0 Å². The van der Waals surface area contributed by atoms with Gasteiger partial charge in [0.05, 0.1) is 12.1 Å². The van der Waals surface area contributed by atoms with Gasteiger partial charge in [-0.3, -0.25) is 0 Å². The number of hydrogen-bond donors (Lipinski definition) is 2. The van der Waals surface area contributed by atoms with Crippen molar-refractivity contribution in [3.8, 4) is 0 Å². The van der Waals surface area contributed by atoms with E-state index in [0.29, 0.717) is 5.02 Å². The number of aliphatic hydroxyl groups is 1. The van der Waals surface area contributed by atoms with Crippen molar-refractivity contribution in [2.75, 3.05) is 0 Å². The highest BCUT2D eigenvalue weighted by Crippen LogP contribution is 2.16. The van der Waals surface area contributed by atoms with Gasteiger partial charge in [-0.15, -0.1) is 0 Å². The maximum atomic E-state index is 9.19. The molecule has 0 fully saturated rings. The number of benzene rings is 1. The number of nitrogens with two attached hydrogens (primary N) is 1. The Bertz CT molecular complexity index is 245. The molecule has 0 radical (unpaired) electrons. The summed E-state index contributed by atoms with van der Waals surface area (Å²) in [6, 6.07) is 6.83. The molecule has 0 aliphatic carbocycles. The molecule has 0 bridgehead atoms. The van der Waals surface area contributed by atoms with Crippen molar-refractivity contribution >= 4 is 11.6 Å². The molecule has 0 amide bonds. The van der Waals surface area contributed by atoms with Crippen LogP contribution < -0.4 is 5.73 Å². The zero-order valence-electron chi connectivity index (χ0n) is 6.87. The number of hydrogen-bond acceptors (Lipinski definition) is 2. The van der Waals surface area contributed by atoms with Gasteiger partial charge in [-0.25, -0.2) is 0 Å². The quantitative estimate of drug-likeness (QED) is 0.737. The molecular formula is C9H12ClNO. The molecule has 3 N–H and O–H groups in total. The van der Waals surface area contributed by atoms with Crippen molar-refractivity contribution < 1.29 is 5.11 Å². The summed E-state index contributed by atoms with van der Waals surface area (Å²) in [4.78, 5) is 0. The minimum absolute atomic E-state index is 0.331. The molecule has 66 valence electrons. The average Bonchev–Trinajstić information content (AvgIpc) is 2.04. The van der Waals surface area contributed by atoms with Gasteiger partial charge in [0.2, 0.25) is 0 Å². The first-order valence-electron chi connectivity index (χ1n) is 3.80. The molecule has 2 nitrogen and oxygen atoms in total. The number of rotatable bonds is 2. The zero-order chi connectivity index (χ0) is 9.14. The molecule has 0 heterocycles. The van der Waals surface area contributed by atoms with Gasteiger partial charge in [-0.1, -0.05) is 23.7 Å². The molecule has 0 spiro atoms. The summed E-state index contributed by atoms with van der Waals surface area (Å²) in [5, 5.41) is 9.86. The first-order valence-corrected chi connectivity index (χ1v) is 4.18. The van der Waals surface area contributed by atoms with Crippen LogP contribution in [0, 0.1) is 0 Å². The van der Waals surface area contributed by atoms with Crippen LogP contribution >= 0.6 is 11.6 Å². The molecule has 2 atom stereocenters. The van der Waals surface area contributed by atoms with E-state index < -0.39 is 6.10 Å². The second-order valence-corrected chi connectivity index (χ2v) is 3.25. The van der Waals surface area contributed by atoms with Gasteiger partial charge >= 0.3 is 0 Å². The van der Waals surface area contributed by atoms with Crippen LogP contribution in [0.1, 0.15) is 18.5 Å². The Hall–Kier alpha value is -0.570. The Morgan fingerprint density at radius 1 is 1.33 bits per heavy atom. The topological polar surface area (TPSA) is 46.2 Å². The SMILES string of the molecule is CC(O)C(N)c1ccc(Cl)cc1. The highest BCUT2D eigenvalue weighted by molar-refractivity contribution is 6.30. The summed E-state index contributed by atoms with van der Waals surface area (Å²) in [6.07, 6.45) is -0.536. The third-order valence-electron chi connectivity index (χ3n) is 1.77. The standard InChI is InChI=1S/C9H12ClNO/c1-6(12)9(11)7-2-4-8(10)5-3-7/h2-6,9,12H,11H2,1H3. The predicted octanol–water partition coefficient (Wildman–Crippen LogP) is 1.72. The Morgan fingerprint density at radius 2 is 1.83 bits per heavy atom. The lowest BCUT2D eigenvalue weighted by Gasteiger charge is -2.14. The summed E-state index contributed by atoms with van der Waals surface area (Å²) >= 11 is 5.69. The van der Waals surface area contributed by atoms with Crippen LogP contribution in [0.4, 0.5) is 0 Å².